The minimum atomic E-state index is 0.606. The first kappa shape index (κ1) is 17.8. The van der Waals surface area contributed by atoms with Crippen molar-refractivity contribution in [1.82, 2.24) is 5.43 Å². The zero-order chi connectivity index (χ0) is 19.3. The van der Waals surface area contributed by atoms with Gasteiger partial charge >= 0.3 is 0 Å². The highest BCUT2D eigenvalue weighted by atomic mass is 16.5. The molecule has 0 radical (unpaired) electrons. The number of hydrazone groups is 1. The maximum absolute atomic E-state index is 5.70. The van der Waals surface area contributed by atoms with E-state index in [0.29, 0.717) is 12.4 Å². The summed E-state index contributed by atoms with van der Waals surface area (Å²) >= 11 is 0. The minimum absolute atomic E-state index is 0.606. The third kappa shape index (κ3) is 3.60. The molecule has 5 nitrogen and oxygen atoms in total. The molecular weight excluding hydrogens is 350 g/mol. The Kier molecular flexibility index (Phi) is 5.06. The molecule has 0 saturated heterocycles. The van der Waals surface area contributed by atoms with E-state index in [0.717, 1.165) is 39.6 Å². The lowest BCUT2D eigenvalue weighted by molar-refractivity contribution is 0.340. The maximum Gasteiger partial charge on any atom is 0.154 e. The Hall–Kier alpha value is -3.60. The zero-order valence-electron chi connectivity index (χ0n) is 15.8. The molecule has 0 spiro atoms. The average molecular weight is 371 g/mol. The van der Waals surface area contributed by atoms with Crippen LogP contribution in [-0.4, -0.2) is 25.3 Å². The predicted octanol–water partition coefficient (Wildman–Crippen LogP) is 4.53. The molecule has 5 heteroatoms. The lowest BCUT2D eigenvalue weighted by Gasteiger charge is -2.10. The lowest BCUT2D eigenvalue weighted by Crippen LogP contribution is -2.19. The van der Waals surface area contributed by atoms with Crippen molar-refractivity contribution in [2.75, 3.05) is 13.7 Å². The topological polar surface area (TPSA) is 55.2 Å². The molecule has 1 N–H and O–H groups in total. The zero-order valence-corrected chi connectivity index (χ0v) is 15.8. The van der Waals surface area contributed by atoms with Crippen LogP contribution in [0, 0.1) is 0 Å². The van der Waals surface area contributed by atoms with Gasteiger partial charge in [0.2, 0.25) is 0 Å². The number of ether oxygens (including phenoxy) is 2. The molecule has 1 aliphatic rings. The molecule has 0 aliphatic carbocycles. The van der Waals surface area contributed by atoms with E-state index in [4.69, 9.17) is 14.5 Å². The van der Waals surface area contributed by atoms with Gasteiger partial charge in [0.25, 0.3) is 0 Å². The SMILES string of the molecule is CCOc1ccc2c(c1)C(c1ccccc1)=NNC(c1ccc(OC)cc1)=N2. The molecular formula is C23H21N3O2. The molecule has 28 heavy (non-hydrogen) atoms. The quantitative estimate of drug-likeness (QED) is 0.717. The van der Waals surface area contributed by atoms with Crippen molar-refractivity contribution in [3.63, 3.8) is 0 Å². The van der Waals surface area contributed by atoms with E-state index in [9.17, 15) is 0 Å². The van der Waals surface area contributed by atoms with Crippen molar-refractivity contribution in [3.05, 3.63) is 89.5 Å². The van der Waals surface area contributed by atoms with Crippen LogP contribution in [0.3, 0.4) is 0 Å². The summed E-state index contributed by atoms with van der Waals surface area (Å²) in [5, 5.41) is 4.69. The highest BCUT2D eigenvalue weighted by Gasteiger charge is 2.18. The summed E-state index contributed by atoms with van der Waals surface area (Å²) in [5.74, 6) is 2.28. The fraction of sp³-hybridized carbons (Fsp3) is 0.130. The number of hydrogen-bond donors (Lipinski definition) is 1. The second-order valence-electron chi connectivity index (χ2n) is 6.24. The van der Waals surface area contributed by atoms with E-state index in [1.165, 1.54) is 0 Å². The number of fused-ring (bicyclic) bond motifs is 1. The molecule has 0 atom stereocenters. The summed E-state index contributed by atoms with van der Waals surface area (Å²) in [5.41, 5.74) is 7.66. The molecule has 140 valence electrons. The van der Waals surface area contributed by atoms with Gasteiger partial charge in [-0.05, 0) is 49.4 Å². The normalized spacial score (nSPS) is 12.8. The van der Waals surface area contributed by atoms with Gasteiger partial charge in [0.1, 0.15) is 17.2 Å². The van der Waals surface area contributed by atoms with Crippen LogP contribution in [0.2, 0.25) is 0 Å². The summed E-state index contributed by atoms with van der Waals surface area (Å²) in [6, 6.07) is 23.7. The molecule has 3 aromatic rings. The van der Waals surface area contributed by atoms with E-state index < -0.39 is 0 Å². The Morgan fingerprint density at radius 1 is 0.857 bits per heavy atom. The van der Waals surface area contributed by atoms with Crippen LogP contribution in [0.25, 0.3) is 0 Å². The number of amidine groups is 1. The van der Waals surface area contributed by atoms with Gasteiger partial charge in [-0.15, -0.1) is 0 Å². The van der Waals surface area contributed by atoms with E-state index in [1.807, 2.05) is 79.7 Å². The Labute approximate surface area is 164 Å². The van der Waals surface area contributed by atoms with Gasteiger partial charge in [0.05, 0.1) is 19.4 Å². The van der Waals surface area contributed by atoms with Gasteiger partial charge in [-0.2, -0.15) is 5.10 Å². The molecule has 0 amide bonds. The monoisotopic (exact) mass is 371 g/mol. The molecule has 0 saturated carbocycles. The average Bonchev–Trinajstić information content (AvgIpc) is 2.94. The number of nitrogens with zero attached hydrogens (tertiary/aromatic N) is 2. The fourth-order valence-corrected chi connectivity index (χ4v) is 3.07. The van der Waals surface area contributed by atoms with Crippen molar-refractivity contribution >= 4 is 17.2 Å². The number of hydrogen-bond acceptors (Lipinski definition) is 5. The largest absolute Gasteiger partial charge is 0.497 e. The standard InChI is InChI=1S/C23H21N3O2/c1-3-28-19-13-14-21-20(15-19)22(16-7-5-4-6-8-16)25-26-23(24-21)17-9-11-18(27-2)12-10-17/h4-15H,3H2,1-2H3,(H,24,26). The number of benzene rings is 3. The third-order valence-electron chi connectivity index (χ3n) is 4.45. The molecule has 1 heterocycles. The van der Waals surface area contributed by atoms with Crippen LogP contribution in [0.4, 0.5) is 5.69 Å². The van der Waals surface area contributed by atoms with Crippen molar-refractivity contribution in [2.45, 2.75) is 6.92 Å². The Morgan fingerprint density at radius 2 is 1.61 bits per heavy atom. The summed E-state index contributed by atoms with van der Waals surface area (Å²) < 4.78 is 10.9. The molecule has 0 unspecified atom stereocenters. The van der Waals surface area contributed by atoms with Gasteiger partial charge in [0, 0.05) is 16.7 Å². The van der Waals surface area contributed by atoms with Crippen molar-refractivity contribution in [3.8, 4) is 11.5 Å². The first-order valence-corrected chi connectivity index (χ1v) is 9.18. The number of nitrogens with one attached hydrogen (secondary N) is 1. The highest BCUT2D eigenvalue weighted by Crippen LogP contribution is 2.29. The van der Waals surface area contributed by atoms with Gasteiger partial charge < -0.3 is 9.47 Å². The third-order valence-corrected chi connectivity index (χ3v) is 4.45. The van der Waals surface area contributed by atoms with Crippen LogP contribution in [-0.2, 0) is 0 Å². The molecule has 1 aliphatic heterocycles. The lowest BCUT2D eigenvalue weighted by atomic mass is 10.0. The maximum atomic E-state index is 5.70. The first-order valence-electron chi connectivity index (χ1n) is 9.18. The molecule has 0 fully saturated rings. The number of aliphatic imine (C=N–C) groups is 1. The highest BCUT2D eigenvalue weighted by molar-refractivity contribution is 6.18. The van der Waals surface area contributed by atoms with Gasteiger partial charge in [-0.1, -0.05) is 30.3 Å². The Balaban J connectivity index is 1.82. The second-order valence-corrected chi connectivity index (χ2v) is 6.24. The van der Waals surface area contributed by atoms with Crippen molar-refractivity contribution in [2.24, 2.45) is 10.1 Å². The van der Waals surface area contributed by atoms with E-state index >= 15 is 0 Å². The van der Waals surface area contributed by atoms with Gasteiger partial charge in [0.15, 0.2) is 5.84 Å². The van der Waals surface area contributed by atoms with Crippen LogP contribution in [0.5, 0.6) is 11.5 Å². The second kappa shape index (κ2) is 7.96. The molecule has 0 bridgehead atoms. The van der Waals surface area contributed by atoms with Crippen LogP contribution in [0.15, 0.2) is 82.9 Å². The van der Waals surface area contributed by atoms with E-state index in [1.54, 1.807) is 7.11 Å². The van der Waals surface area contributed by atoms with Gasteiger partial charge in [-0.3, -0.25) is 5.43 Å². The number of rotatable bonds is 5. The van der Waals surface area contributed by atoms with Crippen LogP contribution < -0.4 is 14.9 Å². The molecule has 0 aromatic heterocycles. The first-order chi connectivity index (χ1) is 13.8. The van der Waals surface area contributed by atoms with Crippen LogP contribution >= 0.6 is 0 Å². The van der Waals surface area contributed by atoms with Crippen LogP contribution in [0.1, 0.15) is 23.6 Å². The summed E-state index contributed by atoms with van der Waals surface area (Å²) in [4.78, 5) is 4.84. The summed E-state index contributed by atoms with van der Waals surface area (Å²) in [6.45, 7) is 2.58. The summed E-state index contributed by atoms with van der Waals surface area (Å²) in [7, 11) is 1.65. The number of methoxy groups -OCH3 is 1. The summed E-state index contributed by atoms with van der Waals surface area (Å²) in [6.07, 6.45) is 0. The minimum Gasteiger partial charge on any atom is -0.497 e. The molecule has 3 aromatic carbocycles. The van der Waals surface area contributed by atoms with Crippen molar-refractivity contribution < 1.29 is 9.47 Å². The van der Waals surface area contributed by atoms with Crippen molar-refractivity contribution in [1.29, 1.82) is 0 Å². The predicted molar refractivity (Wildman–Crippen MR) is 112 cm³/mol. The van der Waals surface area contributed by atoms with E-state index in [2.05, 4.69) is 10.5 Å². The van der Waals surface area contributed by atoms with Gasteiger partial charge in [-0.25, -0.2) is 4.99 Å². The smallest absolute Gasteiger partial charge is 0.154 e. The Bertz CT molecular complexity index is 1030. The Morgan fingerprint density at radius 3 is 2.32 bits per heavy atom. The fourth-order valence-electron chi connectivity index (χ4n) is 3.07. The van der Waals surface area contributed by atoms with E-state index in [-0.39, 0.29) is 0 Å². The molecule has 4 rings (SSSR count).